The summed E-state index contributed by atoms with van der Waals surface area (Å²) in [6, 6.07) is 3.79. The SMILES string of the molecule is NC(=O)c1c(N)nn2cnc(N3C[C@@H](F)C[C@@H]3c3cc(F)ccc3F)cc12. The Kier molecular flexibility index (Phi) is 3.90. The van der Waals surface area contributed by atoms with E-state index in [0.717, 1.165) is 18.2 Å². The molecule has 7 nitrogen and oxygen atoms in total. The van der Waals surface area contributed by atoms with Crippen LogP contribution in [0.2, 0.25) is 0 Å². The number of nitrogens with zero attached hydrogens (tertiary/aromatic N) is 4. The van der Waals surface area contributed by atoms with Crippen LogP contribution in [-0.2, 0) is 0 Å². The number of nitrogens with two attached hydrogens (primary N) is 2. The van der Waals surface area contributed by atoms with Crippen LogP contribution in [0.5, 0.6) is 0 Å². The maximum Gasteiger partial charge on any atom is 0.254 e. The van der Waals surface area contributed by atoms with Gasteiger partial charge in [0, 0.05) is 18.1 Å². The zero-order valence-electron chi connectivity index (χ0n) is 13.9. The number of amides is 1. The molecule has 4 N–H and O–H groups in total. The second-order valence-electron chi connectivity index (χ2n) is 6.37. The van der Waals surface area contributed by atoms with Crippen molar-refractivity contribution < 1.29 is 18.0 Å². The van der Waals surface area contributed by atoms with Gasteiger partial charge in [-0.15, -0.1) is 5.10 Å². The van der Waals surface area contributed by atoms with Crippen LogP contribution in [-0.4, -0.2) is 33.2 Å². The fourth-order valence-corrected chi connectivity index (χ4v) is 3.48. The third-order valence-electron chi connectivity index (χ3n) is 4.65. The van der Waals surface area contributed by atoms with Crippen LogP contribution < -0.4 is 16.4 Å². The molecule has 4 rings (SSSR count). The summed E-state index contributed by atoms with van der Waals surface area (Å²) in [5, 5.41) is 3.95. The number of hydrogen-bond donors (Lipinski definition) is 2. The number of nitrogen functional groups attached to an aromatic ring is 1. The number of carbonyl (C=O) groups excluding carboxylic acids is 1. The highest BCUT2D eigenvalue weighted by atomic mass is 19.1. The standard InChI is InChI=1S/C17H15F3N6O/c18-8-1-2-11(20)10(3-8)12-4-9(19)6-25(12)14-5-13-15(17(22)27)16(21)24-26(13)7-23-14/h1-3,5,7,9,12H,4,6H2,(H2,21,24)(H2,22,27)/t9-,12+/m0/s1. The molecule has 1 saturated heterocycles. The quantitative estimate of drug-likeness (QED) is 0.728. The Morgan fingerprint density at radius 2 is 2.04 bits per heavy atom. The highest BCUT2D eigenvalue weighted by Gasteiger charge is 2.36. The lowest BCUT2D eigenvalue weighted by Crippen LogP contribution is -2.25. The number of anilines is 2. The van der Waals surface area contributed by atoms with E-state index in [1.165, 1.54) is 21.8 Å². The molecule has 10 heteroatoms. The summed E-state index contributed by atoms with van der Waals surface area (Å²) in [5.74, 6) is -1.79. The first-order valence-electron chi connectivity index (χ1n) is 8.14. The second kappa shape index (κ2) is 6.15. The van der Waals surface area contributed by atoms with Gasteiger partial charge in [0.1, 0.15) is 35.5 Å². The number of aromatic nitrogens is 3. The Morgan fingerprint density at radius 1 is 1.26 bits per heavy atom. The van der Waals surface area contributed by atoms with Crippen molar-refractivity contribution >= 4 is 23.1 Å². The molecule has 27 heavy (non-hydrogen) atoms. The van der Waals surface area contributed by atoms with Gasteiger partial charge in [-0.05, 0) is 18.2 Å². The fraction of sp³-hybridized carbons (Fsp3) is 0.235. The molecule has 3 heterocycles. The summed E-state index contributed by atoms with van der Waals surface area (Å²) < 4.78 is 43.3. The lowest BCUT2D eigenvalue weighted by Gasteiger charge is -2.26. The van der Waals surface area contributed by atoms with Gasteiger partial charge in [-0.2, -0.15) is 0 Å². The number of benzene rings is 1. The third-order valence-corrected chi connectivity index (χ3v) is 4.65. The van der Waals surface area contributed by atoms with Crippen LogP contribution in [0.3, 0.4) is 0 Å². The summed E-state index contributed by atoms with van der Waals surface area (Å²) in [7, 11) is 0. The van der Waals surface area contributed by atoms with Gasteiger partial charge in [0.2, 0.25) is 0 Å². The van der Waals surface area contributed by atoms with Crippen molar-refractivity contribution in [1.82, 2.24) is 14.6 Å². The van der Waals surface area contributed by atoms with E-state index in [1.54, 1.807) is 0 Å². The Morgan fingerprint density at radius 3 is 2.78 bits per heavy atom. The van der Waals surface area contributed by atoms with Crippen LogP contribution in [0, 0.1) is 11.6 Å². The van der Waals surface area contributed by atoms with Crippen molar-refractivity contribution in [2.45, 2.75) is 18.6 Å². The summed E-state index contributed by atoms with van der Waals surface area (Å²) in [4.78, 5) is 17.4. The lowest BCUT2D eigenvalue weighted by molar-refractivity contribution is 0.100. The molecule has 3 aromatic rings. The monoisotopic (exact) mass is 376 g/mol. The van der Waals surface area contributed by atoms with Crippen LogP contribution in [0.4, 0.5) is 24.8 Å². The van der Waals surface area contributed by atoms with Crippen LogP contribution >= 0.6 is 0 Å². The Labute approximate surface area is 151 Å². The Bertz CT molecular complexity index is 1050. The number of hydrogen-bond acceptors (Lipinski definition) is 5. The molecule has 0 spiro atoms. The smallest absolute Gasteiger partial charge is 0.254 e. The number of fused-ring (bicyclic) bond motifs is 1. The van der Waals surface area contributed by atoms with Gasteiger partial charge < -0.3 is 16.4 Å². The fourth-order valence-electron chi connectivity index (χ4n) is 3.48. The Hall–Kier alpha value is -3.30. The van der Waals surface area contributed by atoms with Crippen LogP contribution in [0.15, 0.2) is 30.6 Å². The largest absolute Gasteiger partial charge is 0.382 e. The molecule has 0 aliphatic carbocycles. The maximum absolute atomic E-state index is 14.2. The lowest BCUT2D eigenvalue weighted by atomic mass is 10.0. The highest BCUT2D eigenvalue weighted by Crippen LogP contribution is 2.38. The van der Waals surface area contributed by atoms with E-state index in [-0.39, 0.29) is 35.7 Å². The molecule has 1 aromatic carbocycles. The van der Waals surface area contributed by atoms with E-state index >= 15 is 0 Å². The van der Waals surface area contributed by atoms with Crippen molar-refractivity contribution in [2.75, 3.05) is 17.2 Å². The van der Waals surface area contributed by atoms with E-state index in [1.807, 2.05) is 0 Å². The number of carbonyl (C=O) groups is 1. The van der Waals surface area contributed by atoms with E-state index in [0.29, 0.717) is 5.52 Å². The average molecular weight is 376 g/mol. The van der Waals surface area contributed by atoms with Gasteiger partial charge in [-0.25, -0.2) is 22.7 Å². The van der Waals surface area contributed by atoms with Gasteiger partial charge in [0.15, 0.2) is 5.82 Å². The second-order valence-corrected chi connectivity index (χ2v) is 6.37. The highest BCUT2D eigenvalue weighted by molar-refractivity contribution is 6.04. The van der Waals surface area contributed by atoms with E-state index < -0.39 is 29.8 Å². The Balaban J connectivity index is 1.82. The van der Waals surface area contributed by atoms with Crippen molar-refractivity contribution in [2.24, 2.45) is 5.73 Å². The first-order chi connectivity index (χ1) is 12.8. The summed E-state index contributed by atoms with van der Waals surface area (Å²) in [6.07, 6.45) is 0.0382. The maximum atomic E-state index is 14.2. The predicted octanol–water partition coefficient (Wildman–Crippen LogP) is 1.98. The van der Waals surface area contributed by atoms with Gasteiger partial charge in [-0.3, -0.25) is 4.79 Å². The minimum Gasteiger partial charge on any atom is -0.382 e. The molecule has 1 fully saturated rings. The molecule has 0 unspecified atom stereocenters. The number of rotatable bonds is 3. The van der Waals surface area contributed by atoms with Crippen molar-refractivity contribution in [3.8, 4) is 0 Å². The van der Waals surface area contributed by atoms with Crippen LogP contribution in [0.25, 0.3) is 5.52 Å². The number of halogens is 3. The molecule has 2 atom stereocenters. The molecular formula is C17H15F3N6O. The molecule has 2 aromatic heterocycles. The molecule has 0 saturated carbocycles. The zero-order chi connectivity index (χ0) is 19.3. The van der Waals surface area contributed by atoms with Crippen LogP contribution in [0.1, 0.15) is 28.4 Å². The van der Waals surface area contributed by atoms with Gasteiger partial charge >= 0.3 is 0 Å². The molecule has 0 bridgehead atoms. The summed E-state index contributed by atoms with van der Waals surface area (Å²) in [5.41, 5.74) is 11.4. The number of alkyl halides is 1. The zero-order valence-corrected chi connectivity index (χ0v) is 13.9. The minimum atomic E-state index is -1.25. The van der Waals surface area contributed by atoms with E-state index in [4.69, 9.17) is 11.5 Å². The molecule has 1 aliphatic rings. The predicted molar refractivity (Wildman–Crippen MR) is 91.9 cm³/mol. The number of primary amides is 1. The summed E-state index contributed by atoms with van der Waals surface area (Å²) >= 11 is 0. The molecule has 140 valence electrons. The van der Waals surface area contributed by atoms with Crippen molar-refractivity contribution in [3.05, 3.63) is 53.4 Å². The first kappa shape index (κ1) is 17.1. The summed E-state index contributed by atoms with van der Waals surface area (Å²) in [6.45, 7) is -0.0562. The molecule has 1 aliphatic heterocycles. The van der Waals surface area contributed by atoms with Gasteiger partial charge in [0.25, 0.3) is 5.91 Å². The van der Waals surface area contributed by atoms with Gasteiger partial charge in [0.05, 0.1) is 18.1 Å². The molecule has 0 radical (unpaired) electrons. The normalized spacial score (nSPS) is 19.7. The van der Waals surface area contributed by atoms with Gasteiger partial charge in [-0.1, -0.05) is 0 Å². The van der Waals surface area contributed by atoms with Crippen molar-refractivity contribution in [3.63, 3.8) is 0 Å². The third kappa shape index (κ3) is 2.82. The minimum absolute atomic E-state index is 0.0166. The van der Waals surface area contributed by atoms with Crippen molar-refractivity contribution in [1.29, 1.82) is 0 Å². The van der Waals surface area contributed by atoms with E-state index in [9.17, 15) is 18.0 Å². The molecule has 1 amide bonds. The molecular weight excluding hydrogens is 361 g/mol. The topological polar surface area (TPSA) is 103 Å². The average Bonchev–Trinajstić information content (AvgIpc) is 3.15. The first-order valence-corrected chi connectivity index (χ1v) is 8.14. The van der Waals surface area contributed by atoms with E-state index in [2.05, 4.69) is 10.1 Å².